The largest absolute Gasteiger partial charge is 0.378 e. The zero-order valence-corrected chi connectivity index (χ0v) is 27.0. The van der Waals surface area contributed by atoms with Crippen LogP contribution in [0, 0.1) is 0 Å². The fourth-order valence-electron chi connectivity index (χ4n) is 5.89. The minimum atomic E-state index is -0.172. The lowest BCUT2D eigenvalue weighted by Gasteiger charge is -2.28. The Hall–Kier alpha value is -5.62. The Morgan fingerprint density at radius 2 is 1.21 bits per heavy atom. The number of fused-ring (bicyclic) bond motifs is 1. The van der Waals surface area contributed by atoms with Crippen LogP contribution in [0.2, 0.25) is 0 Å². The highest BCUT2D eigenvalue weighted by atomic mass is 16.2. The highest BCUT2D eigenvalue weighted by Crippen LogP contribution is 2.22. The molecule has 1 N–H and O–H groups in total. The second-order valence-corrected chi connectivity index (χ2v) is 12.1. The molecule has 2 amide bonds. The summed E-state index contributed by atoms with van der Waals surface area (Å²) < 4.78 is 0. The molecule has 6 aromatic rings. The quantitative estimate of drug-likeness (QED) is 0.152. The number of aromatic nitrogens is 1. The molecule has 1 heterocycles. The normalized spacial score (nSPS) is 10.9. The van der Waals surface area contributed by atoms with E-state index in [1.807, 2.05) is 110 Å². The van der Waals surface area contributed by atoms with Crippen LogP contribution in [0.3, 0.4) is 0 Å². The number of hydrogen-bond acceptors (Lipinski definition) is 3. The Kier molecular flexibility index (Phi) is 9.78. The molecule has 0 unspecified atom stereocenters. The number of carbonyl (C=O) groups is 2. The van der Waals surface area contributed by atoms with Crippen molar-refractivity contribution in [1.29, 1.82) is 0 Å². The molecule has 47 heavy (non-hydrogen) atoms. The number of para-hydroxylation sites is 1. The van der Waals surface area contributed by atoms with Crippen LogP contribution in [-0.2, 0) is 24.3 Å². The first kappa shape index (κ1) is 31.4. The van der Waals surface area contributed by atoms with Gasteiger partial charge >= 0.3 is 0 Å². The average Bonchev–Trinajstić information content (AvgIpc) is 3.53. The lowest BCUT2D eigenvalue weighted by atomic mass is 10.0. The summed E-state index contributed by atoms with van der Waals surface area (Å²) in [6.07, 6.45) is 2.72. The summed E-state index contributed by atoms with van der Waals surface area (Å²) in [6, 6.07) is 44.1. The monoisotopic (exact) mass is 620 g/mol. The maximum Gasteiger partial charge on any atom is 0.254 e. The SMILES string of the molecule is CN(C)c1ccc(CN(CCc2c[nH]c3ccccc23)C(=O)CN(Cc2ccccc2)C(=O)c2ccc(-c3ccccc3)cc2)cc1. The lowest BCUT2D eigenvalue weighted by Crippen LogP contribution is -2.43. The summed E-state index contributed by atoms with van der Waals surface area (Å²) in [5.74, 6) is -0.263. The zero-order valence-electron chi connectivity index (χ0n) is 27.0. The van der Waals surface area contributed by atoms with Crippen LogP contribution in [0.25, 0.3) is 22.0 Å². The van der Waals surface area contributed by atoms with E-state index in [0.29, 0.717) is 31.6 Å². The third-order valence-electron chi connectivity index (χ3n) is 8.57. The molecule has 0 aliphatic carbocycles. The van der Waals surface area contributed by atoms with Gasteiger partial charge in [0.05, 0.1) is 0 Å². The van der Waals surface area contributed by atoms with Crippen LogP contribution in [0.5, 0.6) is 0 Å². The molecule has 0 bridgehead atoms. The number of amides is 2. The van der Waals surface area contributed by atoms with Crippen molar-refractivity contribution in [3.63, 3.8) is 0 Å². The number of H-pyrrole nitrogens is 1. The van der Waals surface area contributed by atoms with E-state index in [9.17, 15) is 9.59 Å². The lowest BCUT2D eigenvalue weighted by molar-refractivity contribution is -0.132. The summed E-state index contributed by atoms with van der Waals surface area (Å²) in [7, 11) is 4.03. The van der Waals surface area contributed by atoms with Gasteiger partial charge in [-0.2, -0.15) is 0 Å². The fraction of sp³-hybridized carbons (Fsp3) is 0.171. The van der Waals surface area contributed by atoms with Crippen LogP contribution in [-0.4, -0.2) is 53.8 Å². The van der Waals surface area contributed by atoms with Gasteiger partial charge in [0, 0.05) is 62.1 Å². The van der Waals surface area contributed by atoms with Gasteiger partial charge < -0.3 is 19.7 Å². The molecule has 6 heteroatoms. The molecular weight excluding hydrogens is 580 g/mol. The number of nitrogens with zero attached hydrogens (tertiary/aromatic N) is 3. The number of nitrogens with one attached hydrogen (secondary N) is 1. The third kappa shape index (κ3) is 7.79. The van der Waals surface area contributed by atoms with Gasteiger partial charge in [-0.3, -0.25) is 9.59 Å². The van der Waals surface area contributed by atoms with Gasteiger partial charge in [-0.25, -0.2) is 0 Å². The summed E-state index contributed by atoms with van der Waals surface area (Å²) >= 11 is 0. The van der Waals surface area contributed by atoms with E-state index in [1.54, 1.807) is 4.90 Å². The molecule has 6 nitrogen and oxygen atoms in total. The predicted molar refractivity (Wildman–Crippen MR) is 191 cm³/mol. The van der Waals surface area contributed by atoms with Crippen LogP contribution in [0.1, 0.15) is 27.0 Å². The molecule has 0 aliphatic rings. The predicted octanol–water partition coefficient (Wildman–Crippen LogP) is 7.81. The maximum absolute atomic E-state index is 14.2. The number of rotatable bonds is 12. The van der Waals surface area contributed by atoms with Gasteiger partial charge in [0.2, 0.25) is 5.91 Å². The van der Waals surface area contributed by atoms with Gasteiger partial charge in [0.15, 0.2) is 0 Å². The van der Waals surface area contributed by atoms with Gasteiger partial charge in [-0.15, -0.1) is 0 Å². The first-order chi connectivity index (χ1) is 22.9. The van der Waals surface area contributed by atoms with Crippen LogP contribution in [0.4, 0.5) is 5.69 Å². The summed E-state index contributed by atoms with van der Waals surface area (Å²) in [5, 5.41) is 1.16. The molecule has 0 radical (unpaired) electrons. The molecule has 0 saturated heterocycles. The minimum Gasteiger partial charge on any atom is -0.378 e. The van der Waals surface area contributed by atoms with E-state index >= 15 is 0 Å². The van der Waals surface area contributed by atoms with Crippen LogP contribution < -0.4 is 4.90 Å². The van der Waals surface area contributed by atoms with Gasteiger partial charge in [0.1, 0.15) is 6.54 Å². The number of benzene rings is 5. The Labute approximate surface area is 276 Å². The van der Waals surface area contributed by atoms with Crippen molar-refractivity contribution in [2.24, 2.45) is 0 Å². The number of anilines is 1. The van der Waals surface area contributed by atoms with Crippen molar-refractivity contribution in [2.75, 3.05) is 32.1 Å². The summed E-state index contributed by atoms with van der Waals surface area (Å²) in [6.45, 7) is 1.28. The van der Waals surface area contributed by atoms with Crippen LogP contribution >= 0.6 is 0 Å². The number of hydrogen-bond donors (Lipinski definition) is 1. The zero-order chi connectivity index (χ0) is 32.6. The van der Waals surface area contributed by atoms with E-state index in [-0.39, 0.29) is 18.4 Å². The molecule has 5 aromatic carbocycles. The standard InChI is InChI=1S/C41H40N4O2/c1-43(2)37-23-17-32(18-24-37)28-44(26-25-36-27-42-39-16-10-9-15-38(36)39)40(46)30-45(29-31-11-5-3-6-12-31)41(47)35-21-19-34(20-22-35)33-13-7-4-8-14-33/h3-24,27,42H,25-26,28-30H2,1-2H3. The summed E-state index contributed by atoms with van der Waals surface area (Å²) in [5.41, 5.74) is 8.04. The molecule has 0 fully saturated rings. The van der Waals surface area contributed by atoms with Crippen molar-refractivity contribution in [3.8, 4) is 11.1 Å². The molecule has 0 aliphatic heterocycles. The molecular formula is C41H40N4O2. The molecule has 236 valence electrons. The van der Waals surface area contributed by atoms with Crippen molar-refractivity contribution < 1.29 is 9.59 Å². The topological polar surface area (TPSA) is 59.7 Å². The first-order valence-corrected chi connectivity index (χ1v) is 16.0. The highest BCUT2D eigenvalue weighted by molar-refractivity contribution is 5.97. The Bertz CT molecular complexity index is 1910. The molecule has 0 atom stereocenters. The van der Waals surface area contributed by atoms with Gasteiger partial charge in [0.25, 0.3) is 5.91 Å². The minimum absolute atomic E-state index is 0.0299. The second-order valence-electron chi connectivity index (χ2n) is 12.1. The molecule has 0 spiro atoms. The Morgan fingerprint density at radius 1 is 0.617 bits per heavy atom. The van der Waals surface area contributed by atoms with E-state index in [4.69, 9.17) is 0 Å². The summed E-state index contributed by atoms with van der Waals surface area (Å²) in [4.78, 5) is 37.3. The number of carbonyl (C=O) groups excluding carboxylic acids is 2. The average molecular weight is 621 g/mol. The van der Waals surface area contributed by atoms with Crippen LogP contribution in [0.15, 0.2) is 140 Å². The Morgan fingerprint density at radius 3 is 1.91 bits per heavy atom. The van der Waals surface area contributed by atoms with Crippen molar-refractivity contribution in [2.45, 2.75) is 19.5 Å². The van der Waals surface area contributed by atoms with Gasteiger partial charge in [-0.1, -0.05) is 103 Å². The number of aromatic amines is 1. The van der Waals surface area contributed by atoms with E-state index in [1.165, 1.54) is 0 Å². The molecule has 1 aromatic heterocycles. The van der Waals surface area contributed by atoms with E-state index in [2.05, 4.69) is 58.4 Å². The molecule has 0 saturated carbocycles. The highest BCUT2D eigenvalue weighted by Gasteiger charge is 2.23. The van der Waals surface area contributed by atoms with Crippen molar-refractivity contribution >= 4 is 28.4 Å². The van der Waals surface area contributed by atoms with Crippen molar-refractivity contribution in [1.82, 2.24) is 14.8 Å². The molecule has 6 rings (SSSR count). The van der Waals surface area contributed by atoms with Crippen molar-refractivity contribution in [3.05, 3.63) is 162 Å². The maximum atomic E-state index is 14.2. The third-order valence-corrected chi connectivity index (χ3v) is 8.57. The fourth-order valence-corrected chi connectivity index (χ4v) is 5.89. The van der Waals surface area contributed by atoms with E-state index < -0.39 is 0 Å². The first-order valence-electron chi connectivity index (χ1n) is 16.0. The second kappa shape index (κ2) is 14.6. The van der Waals surface area contributed by atoms with Gasteiger partial charge in [-0.05, 0) is 64.6 Å². The smallest absolute Gasteiger partial charge is 0.254 e. The Balaban J connectivity index is 1.25. The van der Waals surface area contributed by atoms with E-state index in [0.717, 1.165) is 44.4 Å².